The molecule has 0 aromatic heterocycles. The van der Waals surface area contributed by atoms with Crippen LogP contribution in [0.4, 0.5) is 16.2 Å². The molecule has 152 valence electrons. The summed E-state index contributed by atoms with van der Waals surface area (Å²) in [6, 6.07) is 16.4. The number of benzene rings is 2. The number of nitrogens with two attached hydrogens (primary N) is 1. The molecule has 4 rings (SSSR count). The molecule has 29 heavy (non-hydrogen) atoms. The van der Waals surface area contributed by atoms with Crippen molar-refractivity contribution in [3.05, 3.63) is 60.2 Å². The second-order valence-electron chi connectivity index (χ2n) is 8.20. The van der Waals surface area contributed by atoms with Gasteiger partial charge in [0.05, 0.1) is 0 Å². The van der Waals surface area contributed by atoms with E-state index in [1.54, 1.807) is 24.3 Å². The van der Waals surface area contributed by atoms with Crippen molar-refractivity contribution >= 4 is 23.3 Å². The first-order chi connectivity index (χ1) is 14.1. The highest BCUT2D eigenvalue weighted by Crippen LogP contribution is 2.39. The minimum absolute atomic E-state index is 0.0531. The molecule has 2 atom stereocenters. The van der Waals surface area contributed by atoms with Crippen molar-refractivity contribution in [3.8, 4) is 0 Å². The first-order valence-corrected chi connectivity index (χ1v) is 10.4. The first-order valence-electron chi connectivity index (χ1n) is 10.4. The molecule has 2 unspecified atom stereocenters. The lowest BCUT2D eigenvalue weighted by Gasteiger charge is -2.45. The Bertz CT molecular complexity index is 839. The van der Waals surface area contributed by atoms with Crippen LogP contribution in [0.5, 0.6) is 0 Å². The second kappa shape index (κ2) is 8.66. The van der Waals surface area contributed by atoms with Crippen LogP contribution in [-0.2, 0) is 0 Å². The van der Waals surface area contributed by atoms with E-state index in [-0.39, 0.29) is 24.0 Å². The van der Waals surface area contributed by atoms with Gasteiger partial charge in [-0.3, -0.25) is 4.79 Å². The lowest BCUT2D eigenvalue weighted by molar-refractivity contribution is 0.0756. The molecule has 2 aliphatic carbocycles. The standard InChI is InChI=1S/C23H28N4O2/c24-18-13-16-5-4-6-17(14-18)21(16)27-22(28)15-9-11-20(12-10-15)26-23(29)25-19-7-2-1-3-8-19/h1-3,7-12,16-18,21H,4-6,13-14,24H2,(H,27,28)(H2,25,26,29). The second-order valence-corrected chi connectivity index (χ2v) is 8.20. The Kier molecular flexibility index (Phi) is 5.81. The quantitative estimate of drug-likeness (QED) is 0.634. The average Bonchev–Trinajstić information content (AvgIpc) is 2.70. The smallest absolute Gasteiger partial charge is 0.323 e. The van der Waals surface area contributed by atoms with Gasteiger partial charge in [0.1, 0.15) is 0 Å². The number of para-hydroxylation sites is 1. The summed E-state index contributed by atoms with van der Waals surface area (Å²) in [5.74, 6) is 0.927. The highest BCUT2D eigenvalue weighted by atomic mass is 16.2. The molecule has 3 amide bonds. The van der Waals surface area contributed by atoms with Gasteiger partial charge in [-0.1, -0.05) is 24.6 Å². The summed E-state index contributed by atoms with van der Waals surface area (Å²) in [5.41, 5.74) is 8.14. The average molecular weight is 393 g/mol. The molecule has 0 saturated heterocycles. The van der Waals surface area contributed by atoms with Crippen molar-refractivity contribution in [2.45, 2.75) is 44.2 Å². The number of hydrogen-bond donors (Lipinski definition) is 4. The summed E-state index contributed by atoms with van der Waals surface area (Å²) in [6.07, 6.45) is 5.53. The maximum absolute atomic E-state index is 12.8. The molecule has 0 radical (unpaired) electrons. The predicted octanol–water partition coefficient (Wildman–Crippen LogP) is 3.97. The lowest BCUT2D eigenvalue weighted by atomic mass is 9.67. The molecule has 2 saturated carbocycles. The van der Waals surface area contributed by atoms with Crippen molar-refractivity contribution in [1.82, 2.24) is 5.32 Å². The van der Waals surface area contributed by atoms with Crippen LogP contribution in [0.15, 0.2) is 54.6 Å². The molecule has 2 aliphatic rings. The summed E-state index contributed by atoms with van der Waals surface area (Å²) in [5, 5.41) is 8.80. The number of carbonyl (C=O) groups is 2. The molecule has 0 aliphatic heterocycles. The number of fused-ring (bicyclic) bond motifs is 2. The number of rotatable bonds is 4. The third kappa shape index (κ3) is 4.77. The summed E-state index contributed by atoms with van der Waals surface area (Å²) in [4.78, 5) is 24.8. The fraction of sp³-hybridized carbons (Fsp3) is 0.391. The number of nitrogens with one attached hydrogen (secondary N) is 3. The van der Waals surface area contributed by atoms with E-state index < -0.39 is 0 Å². The zero-order chi connectivity index (χ0) is 20.2. The van der Waals surface area contributed by atoms with Crippen LogP contribution in [0.2, 0.25) is 0 Å². The Morgan fingerprint density at radius 2 is 1.41 bits per heavy atom. The van der Waals surface area contributed by atoms with Crippen LogP contribution < -0.4 is 21.7 Å². The molecule has 6 nitrogen and oxygen atoms in total. The van der Waals surface area contributed by atoms with Crippen LogP contribution >= 0.6 is 0 Å². The topological polar surface area (TPSA) is 96.2 Å². The van der Waals surface area contributed by atoms with Crippen molar-refractivity contribution in [1.29, 1.82) is 0 Å². The molecule has 2 bridgehead atoms. The first kappa shape index (κ1) is 19.5. The number of hydrogen-bond acceptors (Lipinski definition) is 3. The Labute approximate surface area is 171 Å². The zero-order valence-corrected chi connectivity index (χ0v) is 16.4. The maximum atomic E-state index is 12.8. The molecule has 2 aromatic carbocycles. The highest BCUT2D eigenvalue weighted by molar-refractivity contribution is 6.00. The monoisotopic (exact) mass is 392 g/mol. The van der Waals surface area contributed by atoms with Crippen molar-refractivity contribution in [3.63, 3.8) is 0 Å². The van der Waals surface area contributed by atoms with E-state index in [1.165, 1.54) is 6.42 Å². The van der Waals surface area contributed by atoms with Crippen LogP contribution in [0.1, 0.15) is 42.5 Å². The molecule has 0 spiro atoms. The van der Waals surface area contributed by atoms with Crippen LogP contribution in [0.25, 0.3) is 0 Å². The summed E-state index contributed by atoms with van der Waals surface area (Å²) >= 11 is 0. The Balaban J connectivity index is 1.34. The number of amides is 3. The third-order valence-electron chi connectivity index (χ3n) is 6.11. The SMILES string of the molecule is NC1CC2CCCC(C1)C2NC(=O)c1ccc(NC(=O)Nc2ccccc2)cc1. The predicted molar refractivity (Wildman–Crippen MR) is 115 cm³/mol. The fourth-order valence-electron chi connectivity index (χ4n) is 4.78. The van der Waals surface area contributed by atoms with Crippen LogP contribution in [0.3, 0.4) is 0 Å². The van der Waals surface area contributed by atoms with Gasteiger partial charge in [0, 0.05) is 29.0 Å². The molecule has 6 heteroatoms. The van der Waals surface area contributed by atoms with Gasteiger partial charge < -0.3 is 21.7 Å². The minimum Gasteiger partial charge on any atom is -0.349 e. The van der Waals surface area contributed by atoms with Crippen molar-refractivity contribution in [2.75, 3.05) is 10.6 Å². The molecule has 5 N–H and O–H groups in total. The summed E-state index contributed by atoms with van der Waals surface area (Å²) in [6.45, 7) is 0. The van der Waals surface area contributed by atoms with Crippen LogP contribution in [-0.4, -0.2) is 24.0 Å². The fourth-order valence-corrected chi connectivity index (χ4v) is 4.78. The summed E-state index contributed by atoms with van der Waals surface area (Å²) < 4.78 is 0. The Morgan fingerprint density at radius 3 is 2.03 bits per heavy atom. The van der Waals surface area contributed by atoms with Gasteiger partial charge in [0.15, 0.2) is 0 Å². The van der Waals surface area contributed by atoms with E-state index in [1.807, 2.05) is 30.3 Å². The third-order valence-corrected chi connectivity index (χ3v) is 6.11. The van der Waals surface area contributed by atoms with E-state index >= 15 is 0 Å². The van der Waals surface area contributed by atoms with Crippen LogP contribution in [0, 0.1) is 11.8 Å². The largest absolute Gasteiger partial charge is 0.349 e. The van der Waals surface area contributed by atoms with Gasteiger partial charge in [0.25, 0.3) is 5.91 Å². The van der Waals surface area contributed by atoms with Crippen molar-refractivity contribution < 1.29 is 9.59 Å². The molecular weight excluding hydrogens is 364 g/mol. The summed E-state index contributed by atoms with van der Waals surface area (Å²) in [7, 11) is 0. The van der Waals surface area contributed by atoms with E-state index in [0.717, 1.165) is 31.4 Å². The van der Waals surface area contributed by atoms with E-state index in [0.29, 0.717) is 23.1 Å². The van der Waals surface area contributed by atoms with E-state index in [2.05, 4.69) is 16.0 Å². The van der Waals surface area contributed by atoms with Gasteiger partial charge >= 0.3 is 6.03 Å². The highest BCUT2D eigenvalue weighted by Gasteiger charge is 2.39. The maximum Gasteiger partial charge on any atom is 0.323 e. The number of urea groups is 1. The molecule has 2 fully saturated rings. The van der Waals surface area contributed by atoms with E-state index in [4.69, 9.17) is 5.73 Å². The van der Waals surface area contributed by atoms with E-state index in [9.17, 15) is 9.59 Å². The van der Waals surface area contributed by atoms with Gasteiger partial charge in [-0.15, -0.1) is 0 Å². The van der Waals surface area contributed by atoms with Gasteiger partial charge in [-0.2, -0.15) is 0 Å². The lowest BCUT2D eigenvalue weighted by Crippen LogP contribution is -2.53. The molecule has 2 aromatic rings. The minimum atomic E-state index is -0.320. The molecule has 0 heterocycles. The molecular formula is C23H28N4O2. The van der Waals surface area contributed by atoms with Gasteiger partial charge in [-0.25, -0.2) is 4.79 Å². The number of anilines is 2. The van der Waals surface area contributed by atoms with Crippen molar-refractivity contribution in [2.24, 2.45) is 17.6 Å². The normalized spacial score (nSPS) is 25.7. The van der Waals surface area contributed by atoms with Gasteiger partial charge in [0.2, 0.25) is 0 Å². The van der Waals surface area contributed by atoms with Gasteiger partial charge in [-0.05, 0) is 73.9 Å². The Hall–Kier alpha value is -2.86. The Morgan fingerprint density at radius 1 is 0.828 bits per heavy atom. The zero-order valence-electron chi connectivity index (χ0n) is 16.4. The number of carbonyl (C=O) groups excluding carboxylic acids is 2.